The van der Waals surface area contributed by atoms with Crippen LogP contribution in [0, 0.1) is 6.92 Å². The van der Waals surface area contributed by atoms with Crippen LogP contribution in [0.15, 0.2) is 29.1 Å². The second kappa shape index (κ2) is 6.33. The number of anilines is 1. The molecule has 0 saturated carbocycles. The average Bonchev–Trinajstić information content (AvgIpc) is 3.00. The van der Waals surface area contributed by atoms with E-state index in [1.165, 1.54) is 6.26 Å². The number of hydrogen-bond acceptors (Lipinski definition) is 7. The summed E-state index contributed by atoms with van der Waals surface area (Å²) in [5.74, 6) is 0.659. The van der Waals surface area contributed by atoms with Gasteiger partial charge in [0.25, 0.3) is 5.91 Å². The molecule has 2 aromatic rings. The first-order valence-electron chi connectivity index (χ1n) is 7.50. The van der Waals surface area contributed by atoms with E-state index in [9.17, 15) is 9.90 Å². The quantitative estimate of drug-likeness (QED) is 0.847. The second-order valence-electron chi connectivity index (χ2n) is 5.73. The zero-order chi connectivity index (χ0) is 16.3. The van der Waals surface area contributed by atoms with Gasteiger partial charge in [-0.1, -0.05) is 0 Å². The van der Waals surface area contributed by atoms with Crippen molar-refractivity contribution in [1.82, 2.24) is 20.3 Å². The molecule has 3 rings (SSSR count). The van der Waals surface area contributed by atoms with E-state index in [1.807, 2.05) is 4.90 Å². The number of aromatic nitrogens is 3. The van der Waals surface area contributed by atoms with E-state index in [1.54, 1.807) is 25.4 Å². The van der Waals surface area contributed by atoms with Crippen molar-refractivity contribution in [3.05, 3.63) is 36.3 Å². The van der Waals surface area contributed by atoms with Crippen LogP contribution < -0.4 is 10.2 Å². The van der Waals surface area contributed by atoms with Gasteiger partial charge in [-0.3, -0.25) is 4.79 Å². The smallest absolute Gasteiger partial charge is 0.273 e. The molecule has 1 amide bonds. The molecule has 8 heteroatoms. The van der Waals surface area contributed by atoms with Gasteiger partial charge in [0.05, 0.1) is 12.1 Å². The lowest BCUT2D eigenvalue weighted by Crippen LogP contribution is -2.54. The van der Waals surface area contributed by atoms with E-state index in [-0.39, 0.29) is 18.1 Å². The minimum atomic E-state index is -1.02. The lowest BCUT2D eigenvalue weighted by atomic mass is 9.93. The Hall–Kier alpha value is -2.48. The molecule has 1 unspecified atom stereocenters. The summed E-state index contributed by atoms with van der Waals surface area (Å²) < 4.78 is 5.02. The van der Waals surface area contributed by atoms with E-state index >= 15 is 0 Å². The van der Waals surface area contributed by atoms with Crippen molar-refractivity contribution in [2.75, 3.05) is 24.5 Å². The first kappa shape index (κ1) is 15.4. The number of nitrogens with one attached hydrogen (secondary N) is 1. The number of piperidine rings is 1. The highest BCUT2D eigenvalue weighted by Gasteiger charge is 2.34. The van der Waals surface area contributed by atoms with Gasteiger partial charge >= 0.3 is 0 Å². The second-order valence-corrected chi connectivity index (χ2v) is 5.73. The summed E-state index contributed by atoms with van der Waals surface area (Å²) >= 11 is 0. The minimum absolute atomic E-state index is 0.140. The van der Waals surface area contributed by atoms with Crippen molar-refractivity contribution < 1.29 is 14.3 Å². The third kappa shape index (κ3) is 3.65. The number of oxazole rings is 1. The van der Waals surface area contributed by atoms with Gasteiger partial charge in [-0.05, 0) is 18.9 Å². The predicted molar refractivity (Wildman–Crippen MR) is 82.0 cm³/mol. The molecular weight excluding hydrogens is 298 g/mol. The summed E-state index contributed by atoms with van der Waals surface area (Å²) in [5, 5.41) is 13.5. The molecular formula is C15H19N5O3. The standard InChI is InChI=1S/C15H19N5O3/c1-11-19-12(8-23-11)13(21)18-9-15(22)4-2-7-20(10-15)14-16-5-3-6-17-14/h3,5-6,8,22H,2,4,7,9-10H2,1H3,(H,18,21). The van der Waals surface area contributed by atoms with Crippen LogP contribution in [-0.2, 0) is 0 Å². The topological polar surface area (TPSA) is 104 Å². The Morgan fingerprint density at radius 2 is 2.26 bits per heavy atom. The molecule has 122 valence electrons. The molecule has 0 bridgehead atoms. The van der Waals surface area contributed by atoms with Crippen molar-refractivity contribution >= 4 is 11.9 Å². The maximum absolute atomic E-state index is 12.0. The Labute approximate surface area is 133 Å². The van der Waals surface area contributed by atoms with Crippen LogP contribution in [0.2, 0.25) is 0 Å². The largest absolute Gasteiger partial charge is 0.448 e. The molecule has 0 aliphatic carbocycles. The molecule has 2 aromatic heterocycles. The van der Waals surface area contributed by atoms with E-state index in [0.717, 1.165) is 13.0 Å². The average molecular weight is 317 g/mol. The molecule has 1 fully saturated rings. The monoisotopic (exact) mass is 317 g/mol. The predicted octanol–water partition coefficient (Wildman–Crippen LogP) is 0.534. The maximum Gasteiger partial charge on any atom is 0.273 e. The van der Waals surface area contributed by atoms with Crippen LogP contribution in [0.25, 0.3) is 0 Å². The van der Waals surface area contributed by atoms with E-state index in [2.05, 4.69) is 20.3 Å². The van der Waals surface area contributed by atoms with Crippen LogP contribution >= 0.6 is 0 Å². The highest BCUT2D eigenvalue weighted by atomic mass is 16.3. The SMILES string of the molecule is Cc1nc(C(=O)NCC2(O)CCCN(c3ncccn3)C2)co1. The first-order valence-corrected chi connectivity index (χ1v) is 7.50. The number of hydrogen-bond donors (Lipinski definition) is 2. The van der Waals surface area contributed by atoms with Crippen LogP contribution in [0.3, 0.4) is 0 Å². The lowest BCUT2D eigenvalue weighted by Gasteiger charge is -2.39. The molecule has 1 saturated heterocycles. The summed E-state index contributed by atoms with van der Waals surface area (Å²) in [6.07, 6.45) is 6.05. The molecule has 2 N–H and O–H groups in total. The normalized spacial score (nSPS) is 21.2. The molecule has 1 atom stereocenters. The summed E-state index contributed by atoms with van der Waals surface area (Å²) in [4.78, 5) is 26.3. The Morgan fingerprint density at radius 3 is 2.96 bits per heavy atom. The third-order valence-electron chi connectivity index (χ3n) is 3.82. The zero-order valence-corrected chi connectivity index (χ0v) is 12.9. The van der Waals surface area contributed by atoms with Crippen molar-refractivity contribution in [3.8, 4) is 0 Å². The molecule has 0 radical (unpaired) electrons. The van der Waals surface area contributed by atoms with Crippen molar-refractivity contribution in [1.29, 1.82) is 0 Å². The molecule has 3 heterocycles. The van der Waals surface area contributed by atoms with E-state index in [4.69, 9.17) is 4.42 Å². The van der Waals surface area contributed by atoms with Crippen LogP contribution in [-0.4, -0.2) is 51.2 Å². The molecule has 8 nitrogen and oxygen atoms in total. The summed E-state index contributed by atoms with van der Waals surface area (Å²) in [5.41, 5.74) is -0.809. The Morgan fingerprint density at radius 1 is 1.48 bits per heavy atom. The number of carbonyl (C=O) groups excluding carboxylic acids is 1. The first-order chi connectivity index (χ1) is 11.1. The maximum atomic E-state index is 12.0. The van der Waals surface area contributed by atoms with Gasteiger partial charge in [-0.2, -0.15) is 0 Å². The zero-order valence-electron chi connectivity index (χ0n) is 12.9. The number of carbonyl (C=O) groups is 1. The van der Waals surface area contributed by atoms with E-state index < -0.39 is 5.60 Å². The van der Waals surface area contributed by atoms with Crippen molar-refractivity contribution in [2.45, 2.75) is 25.4 Å². The number of amides is 1. The van der Waals surface area contributed by atoms with Crippen molar-refractivity contribution in [2.24, 2.45) is 0 Å². The number of nitrogens with zero attached hydrogens (tertiary/aromatic N) is 4. The van der Waals surface area contributed by atoms with Gasteiger partial charge in [-0.25, -0.2) is 15.0 Å². The Balaban J connectivity index is 1.61. The van der Waals surface area contributed by atoms with Crippen molar-refractivity contribution in [3.63, 3.8) is 0 Å². The van der Waals surface area contributed by atoms with E-state index in [0.29, 0.717) is 24.8 Å². The fourth-order valence-corrected chi connectivity index (χ4v) is 2.68. The molecule has 0 spiro atoms. The number of aryl methyl sites for hydroxylation is 1. The highest BCUT2D eigenvalue weighted by molar-refractivity contribution is 5.91. The van der Waals surface area contributed by atoms with Crippen LogP contribution in [0.5, 0.6) is 0 Å². The number of rotatable bonds is 4. The number of aliphatic hydroxyl groups is 1. The van der Waals surface area contributed by atoms with Crippen LogP contribution in [0.4, 0.5) is 5.95 Å². The minimum Gasteiger partial charge on any atom is -0.448 e. The summed E-state index contributed by atoms with van der Waals surface area (Å²) in [6.45, 7) is 2.96. The summed E-state index contributed by atoms with van der Waals surface area (Å²) in [6, 6.07) is 1.75. The lowest BCUT2D eigenvalue weighted by molar-refractivity contribution is 0.0251. The molecule has 0 aromatic carbocycles. The van der Waals surface area contributed by atoms with Gasteiger partial charge in [0.15, 0.2) is 11.6 Å². The van der Waals surface area contributed by atoms with Gasteiger partial charge in [0, 0.05) is 32.4 Å². The molecule has 1 aliphatic rings. The Bertz CT molecular complexity index is 675. The van der Waals surface area contributed by atoms with Gasteiger partial charge in [-0.15, -0.1) is 0 Å². The number of β-amino-alcohol motifs (C(OH)–C–C–N with tert-alkyl or cyclic N) is 1. The molecule has 23 heavy (non-hydrogen) atoms. The van der Waals surface area contributed by atoms with Gasteiger partial charge in [0.2, 0.25) is 5.95 Å². The molecule has 1 aliphatic heterocycles. The Kier molecular flexibility index (Phi) is 4.24. The fourth-order valence-electron chi connectivity index (χ4n) is 2.68. The van der Waals surface area contributed by atoms with Gasteiger partial charge in [0.1, 0.15) is 6.26 Å². The highest BCUT2D eigenvalue weighted by Crippen LogP contribution is 2.23. The van der Waals surface area contributed by atoms with Gasteiger partial charge < -0.3 is 19.7 Å². The fraction of sp³-hybridized carbons (Fsp3) is 0.467. The third-order valence-corrected chi connectivity index (χ3v) is 3.82. The summed E-state index contributed by atoms with van der Waals surface area (Å²) in [7, 11) is 0. The van der Waals surface area contributed by atoms with Crippen LogP contribution in [0.1, 0.15) is 29.2 Å².